The van der Waals surface area contributed by atoms with Crippen molar-refractivity contribution in [1.82, 2.24) is 10.3 Å². The van der Waals surface area contributed by atoms with E-state index in [0.29, 0.717) is 16.1 Å². The van der Waals surface area contributed by atoms with Crippen LogP contribution in [0.3, 0.4) is 0 Å². The van der Waals surface area contributed by atoms with Crippen LogP contribution in [0.25, 0.3) is 0 Å². The van der Waals surface area contributed by atoms with Crippen molar-refractivity contribution in [3.63, 3.8) is 0 Å². The number of pyridine rings is 1. The number of aromatic nitrogens is 1. The molecule has 6 heteroatoms. The first-order valence-corrected chi connectivity index (χ1v) is 5.71. The number of carbonyl (C=O) groups is 1. The molecule has 4 nitrogen and oxygen atoms in total. The first-order chi connectivity index (χ1) is 8.68. The van der Waals surface area contributed by atoms with Crippen LogP contribution in [-0.2, 0) is 6.54 Å². The van der Waals surface area contributed by atoms with E-state index >= 15 is 0 Å². The number of hydrogen-bond donors (Lipinski definition) is 2. The molecule has 1 heterocycles. The van der Waals surface area contributed by atoms with Gasteiger partial charge in [0.15, 0.2) is 0 Å². The van der Waals surface area contributed by atoms with Gasteiger partial charge in [0.2, 0.25) is 0 Å². The maximum atomic E-state index is 11.8. The molecule has 100 valence electrons. The molecule has 0 atom stereocenters. The molecular formula is C13H12Cl2N2O2. The Balaban J connectivity index is 0.00000180. The van der Waals surface area contributed by atoms with Gasteiger partial charge in [-0.2, -0.15) is 0 Å². The highest BCUT2D eigenvalue weighted by Gasteiger charge is 2.09. The molecule has 0 radical (unpaired) electrons. The molecule has 2 rings (SSSR count). The number of hydrogen-bond acceptors (Lipinski definition) is 3. The molecule has 1 amide bonds. The lowest BCUT2D eigenvalue weighted by Gasteiger charge is -2.08. The monoisotopic (exact) mass is 298 g/mol. The summed E-state index contributed by atoms with van der Waals surface area (Å²) < 4.78 is 0. The van der Waals surface area contributed by atoms with Crippen LogP contribution in [0.4, 0.5) is 0 Å². The molecule has 0 unspecified atom stereocenters. The Kier molecular flexibility index (Phi) is 5.60. The Morgan fingerprint density at radius 2 is 2.11 bits per heavy atom. The molecule has 2 aromatic rings. The summed E-state index contributed by atoms with van der Waals surface area (Å²) in [6.45, 7) is 0.166. The first kappa shape index (κ1) is 15.3. The third kappa shape index (κ3) is 3.84. The van der Waals surface area contributed by atoms with Gasteiger partial charge in [-0.05, 0) is 24.3 Å². The normalized spacial score (nSPS) is 9.53. The quantitative estimate of drug-likeness (QED) is 0.916. The maximum Gasteiger partial charge on any atom is 0.253 e. The zero-order valence-electron chi connectivity index (χ0n) is 9.84. The standard InChI is InChI=1S/C13H11ClN2O2.ClH/c14-11-4-1-5-12(17)10(11)8-16-13(18)9-3-2-6-15-7-9;/h1-7,17H,8H2,(H,16,18);1H. The van der Waals surface area contributed by atoms with Gasteiger partial charge in [-0.25, -0.2) is 0 Å². The van der Waals surface area contributed by atoms with Crippen LogP contribution in [0.15, 0.2) is 42.7 Å². The van der Waals surface area contributed by atoms with Crippen LogP contribution in [0, 0.1) is 0 Å². The molecule has 19 heavy (non-hydrogen) atoms. The molecule has 0 aliphatic rings. The van der Waals surface area contributed by atoms with E-state index in [4.69, 9.17) is 11.6 Å². The molecule has 1 aromatic carbocycles. The number of carbonyl (C=O) groups excluding carboxylic acids is 1. The zero-order valence-corrected chi connectivity index (χ0v) is 11.4. The smallest absolute Gasteiger partial charge is 0.253 e. The molecular weight excluding hydrogens is 287 g/mol. The number of phenolic OH excluding ortho intramolecular Hbond substituents is 1. The van der Waals surface area contributed by atoms with E-state index in [9.17, 15) is 9.90 Å². The fourth-order valence-corrected chi connectivity index (χ4v) is 1.73. The van der Waals surface area contributed by atoms with Crippen LogP contribution in [0.5, 0.6) is 5.75 Å². The summed E-state index contributed by atoms with van der Waals surface area (Å²) in [6, 6.07) is 8.17. The minimum absolute atomic E-state index is 0. The second-order valence-electron chi connectivity index (χ2n) is 3.66. The summed E-state index contributed by atoms with van der Waals surface area (Å²) in [6.07, 6.45) is 3.07. The molecule has 0 saturated carbocycles. The van der Waals surface area contributed by atoms with Gasteiger partial charge in [-0.15, -0.1) is 12.4 Å². The second kappa shape index (κ2) is 6.97. The number of nitrogens with one attached hydrogen (secondary N) is 1. The molecule has 0 saturated heterocycles. The third-order valence-corrected chi connectivity index (χ3v) is 2.80. The van der Waals surface area contributed by atoms with Gasteiger partial charge in [0.1, 0.15) is 5.75 Å². The van der Waals surface area contributed by atoms with Crippen LogP contribution in [0.1, 0.15) is 15.9 Å². The maximum absolute atomic E-state index is 11.8. The summed E-state index contributed by atoms with van der Waals surface area (Å²) in [5.41, 5.74) is 0.959. The zero-order chi connectivity index (χ0) is 13.0. The van der Waals surface area contributed by atoms with Crippen molar-refractivity contribution < 1.29 is 9.90 Å². The first-order valence-electron chi connectivity index (χ1n) is 5.33. The number of amides is 1. The Hall–Kier alpha value is -1.78. The predicted molar refractivity (Wildman–Crippen MR) is 75.8 cm³/mol. The van der Waals surface area contributed by atoms with E-state index in [1.165, 1.54) is 12.3 Å². The van der Waals surface area contributed by atoms with Crippen LogP contribution >= 0.6 is 24.0 Å². The summed E-state index contributed by atoms with van der Waals surface area (Å²) in [7, 11) is 0. The average Bonchev–Trinajstić information content (AvgIpc) is 2.39. The Labute approximate surface area is 121 Å². The van der Waals surface area contributed by atoms with E-state index in [2.05, 4.69) is 10.3 Å². The summed E-state index contributed by atoms with van der Waals surface area (Å²) >= 11 is 5.94. The van der Waals surface area contributed by atoms with E-state index in [-0.39, 0.29) is 30.6 Å². The van der Waals surface area contributed by atoms with Gasteiger partial charge < -0.3 is 10.4 Å². The van der Waals surface area contributed by atoms with Gasteiger partial charge in [0, 0.05) is 29.5 Å². The van der Waals surface area contributed by atoms with Crippen LogP contribution in [-0.4, -0.2) is 16.0 Å². The number of halogens is 2. The summed E-state index contributed by atoms with van der Waals surface area (Å²) in [5.74, 6) is -0.198. The van der Waals surface area contributed by atoms with E-state index in [1.54, 1.807) is 30.5 Å². The van der Waals surface area contributed by atoms with Gasteiger partial charge in [0.05, 0.1) is 5.56 Å². The van der Waals surface area contributed by atoms with Gasteiger partial charge in [-0.1, -0.05) is 17.7 Å². The average molecular weight is 299 g/mol. The molecule has 0 fully saturated rings. The van der Waals surface area contributed by atoms with Crippen molar-refractivity contribution in [2.75, 3.05) is 0 Å². The highest BCUT2D eigenvalue weighted by Crippen LogP contribution is 2.24. The van der Waals surface area contributed by atoms with Crippen molar-refractivity contribution in [3.8, 4) is 5.75 Å². The highest BCUT2D eigenvalue weighted by atomic mass is 35.5. The molecule has 0 aliphatic heterocycles. The topological polar surface area (TPSA) is 62.2 Å². The molecule has 1 aromatic heterocycles. The SMILES string of the molecule is Cl.O=C(NCc1c(O)cccc1Cl)c1cccnc1. The van der Waals surface area contributed by atoms with E-state index in [1.807, 2.05) is 0 Å². The fourth-order valence-electron chi connectivity index (χ4n) is 1.49. The third-order valence-electron chi connectivity index (χ3n) is 2.44. The summed E-state index contributed by atoms with van der Waals surface area (Å²) in [4.78, 5) is 15.6. The fraction of sp³-hybridized carbons (Fsp3) is 0.0769. The molecule has 2 N–H and O–H groups in total. The van der Waals surface area contributed by atoms with Gasteiger partial charge in [-0.3, -0.25) is 9.78 Å². The van der Waals surface area contributed by atoms with Gasteiger partial charge >= 0.3 is 0 Å². The van der Waals surface area contributed by atoms with Gasteiger partial charge in [0.25, 0.3) is 5.91 Å². The van der Waals surface area contributed by atoms with Crippen molar-refractivity contribution in [3.05, 3.63) is 58.9 Å². The Morgan fingerprint density at radius 1 is 1.32 bits per heavy atom. The van der Waals surface area contributed by atoms with Crippen LogP contribution < -0.4 is 5.32 Å². The van der Waals surface area contributed by atoms with Crippen molar-refractivity contribution in [2.24, 2.45) is 0 Å². The van der Waals surface area contributed by atoms with E-state index in [0.717, 1.165) is 0 Å². The van der Waals surface area contributed by atoms with Crippen molar-refractivity contribution >= 4 is 29.9 Å². The molecule has 0 spiro atoms. The lowest BCUT2D eigenvalue weighted by Crippen LogP contribution is -2.23. The lowest BCUT2D eigenvalue weighted by atomic mass is 10.2. The second-order valence-corrected chi connectivity index (χ2v) is 4.07. The van der Waals surface area contributed by atoms with E-state index < -0.39 is 0 Å². The Bertz CT molecular complexity index is 542. The van der Waals surface area contributed by atoms with Crippen molar-refractivity contribution in [2.45, 2.75) is 6.54 Å². The number of benzene rings is 1. The van der Waals surface area contributed by atoms with Crippen molar-refractivity contribution in [1.29, 1.82) is 0 Å². The Morgan fingerprint density at radius 3 is 2.74 bits per heavy atom. The minimum atomic E-state index is -0.262. The molecule has 0 bridgehead atoms. The summed E-state index contributed by atoms with van der Waals surface area (Å²) in [5, 5.41) is 12.7. The number of nitrogens with zero attached hydrogens (tertiary/aromatic N) is 1. The predicted octanol–water partition coefficient (Wildman–Crippen LogP) is 2.79. The molecule has 0 aliphatic carbocycles. The number of rotatable bonds is 3. The highest BCUT2D eigenvalue weighted by molar-refractivity contribution is 6.31. The number of phenols is 1. The van der Waals surface area contributed by atoms with Crippen LogP contribution in [0.2, 0.25) is 5.02 Å². The minimum Gasteiger partial charge on any atom is -0.508 e. The largest absolute Gasteiger partial charge is 0.508 e. The lowest BCUT2D eigenvalue weighted by molar-refractivity contribution is 0.0950. The number of aromatic hydroxyl groups is 1.